The van der Waals surface area contributed by atoms with Crippen molar-refractivity contribution in [2.75, 3.05) is 14.2 Å². The number of benzene rings is 2. The minimum absolute atomic E-state index is 0.438. The molecule has 0 unspecified atom stereocenters. The summed E-state index contributed by atoms with van der Waals surface area (Å²) in [7, 11) is 3.31. The number of rotatable bonds is 6. The molecule has 0 amide bonds. The topological polar surface area (TPSA) is 70.3 Å². The Labute approximate surface area is 147 Å². The van der Waals surface area contributed by atoms with Crippen molar-refractivity contribution in [3.63, 3.8) is 0 Å². The first-order chi connectivity index (χ1) is 12.2. The third-order valence-corrected chi connectivity index (χ3v) is 4.06. The van der Waals surface area contributed by atoms with Crippen LogP contribution in [0, 0.1) is 0 Å². The maximum atomic E-state index is 5.80. The fourth-order valence-electron chi connectivity index (χ4n) is 2.81. The Hall–Kier alpha value is -2.92. The number of hydrogen-bond acceptors (Lipinski definition) is 5. The van der Waals surface area contributed by atoms with Gasteiger partial charge in [-0.25, -0.2) is 9.97 Å². The first-order valence-electron chi connectivity index (χ1n) is 8.05. The van der Waals surface area contributed by atoms with E-state index in [9.17, 15) is 0 Å². The van der Waals surface area contributed by atoms with E-state index >= 15 is 0 Å². The molecular formula is C20H21N3O2. The van der Waals surface area contributed by atoms with Gasteiger partial charge in [-0.2, -0.15) is 0 Å². The molecule has 128 valence electrons. The molecular weight excluding hydrogens is 314 g/mol. The highest BCUT2D eigenvalue weighted by molar-refractivity contribution is 5.67. The predicted octanol–water partition coefficient (Wildman–Crippen LogP) is 3.21. The summed E-state index contributed by atoms with van der Waals surface area (Å²) in [5.74, 6) is 1.60. The lowest BCUT2D eigenvalue weighted by Gasteiger charge is -2.10. The Morgan fingerprint density at radius 1 is 0.920 bits per heavy atom. The van der Waals surface area contributed by atoms with Crippen molar-refractivity contribution in [1.82, 2.24) is 9.97 Å². The molecule has 2 N–H and O–H groups in total. The van der Waals surface area contributed by atoms with Crippen LogP contribution in [-0.4, -0.2) is 24.2 Å². The van der Waals surface area contributed by atoms with E-state index in [0.29, 0.717) is 13.0 Å². The Balaban J connectivity index is 1.90. The minimum Gasteiger partial charge on any atom is -0.496 e. The zero-order valence-electron chi connectivity index (χ0n) is 14.4. The number of aromatic nitrogens is 2. The summed E-state index contributed by atoms with van der Waals surface area (Å²) in [6, 6.07) is 15.8. The molecule has 0 atom stereocenters. The third-order valence-electron chi connectivity index (χ3n) is 4.06. The van der Waals surface area contributed by atoms with Gasteiger partial charge in [0.15, 0.2) is 0 Å². The van der Waals surface area contributed by atoms with Crippen LogP contribution in [0.3, 0.4) is 0 Å². The highest BCUT2D eigenvalue weighted by atomic mass is 16.5. The molecule has 3 aromatic rings. The fourth-order valence-corrected chi connectivity index (χ4v) is 2.81. The van der Waals surface area contributed by atoms with Gasteiger partial charge >= 0.3 is 0 Å². The van der Waals surface area contributed by atoms with E-state index < -0.39 is 0 Å². The molecule has 3 rings (SSSR count). The average Bonchev–Trinajstić information content (AvgIpc) is 2.68. The first-order valence-corrected chi connectivity index (χ1v) is 8.05. The van der Waals surface area contributed by atoms with Gasteiger partial charge in [0.05, 0.1) is 19.9 Å². The molecule has 0 fully saturated rings. The lowest BCUT2D eigenvalue weighted by molar-refractivity contribution is 0.409. The van der Waals surface area contributed by atoms with Gasteiger partial charge in [-0.05, 0) is 29.8 Å². The summed E-state index contributed by atoms with van der Waals surface area (Å²) < 4.78 is 10.7. The SMILES string of the molecule is COc1ccc(Cc2cc(-c3ccccc3OC)ncn2)cc1CN. The van der Waals surface area contributed by atoms with Crippen LogP contribution < -0.4 is 15.2 Å². The maximum Gasteiger partial charge on any atom is 0.128 e. The molecule has 2 aromatic carbocycles. The van der Waals surface area contributed by atoms with E-state index in [1.807, 2.05) is 42.5 Å². The van der Waals surface area contributed by atoms with Crippen LogP contribution in [0.15, 0.2) is 54.9 Å². The zero-order chi connectivity index (χ0) is 17.6. The number of ether oxygens (including phenoxy) is 2. The zero-order valence-corrected chi connectivity index (χ0v) is 14.4. The van der Waals surface area contributed by atoms with Crippen molar-refractivity contribution < 1.29 is 9.47 Å². The Kier molecular flexibility index (Phi) is 5.26. The quantitative estimate of drug-likeness (QED) is 0.749. The first kappa shape index (κ1) is 16.9. The second-order valence-corrected chi connectivity index (χ2v) is 5.62. The van der Waals surface area contributed by atoms with E-state index in [2.05, 4.69) is 16.0 Å². The molecule has 1 heterocycles. The number of nitrogens with zero attached hydrogens (tertiary/aromatic N) is 2. The van der Waals surface area contributed by atoms with Crippen LogP contribution in [0.25, 0.3) is 11.3 Å². The van der Waals surface area contributed by atoms with Gasteiger partial charge < -0.3 is 15.2 Å². The van der Waals surface area contributed by atoms with E-state index in [0.717, 1.165) is 39.6 Å². The lowest BCUT2D eigenvalue weighted by Crippen LogP contribution is -2.02. The number of nitrogens with two attached hydrogens (primary N) is 1. The van der Waals surface area contributed by atoms with Crippen LogP contribution >= 0.6 is 0 Å². The van der Waals surface area contributed by atoms with Gasteiger partial charge in [0.1, 0.15) is 17.8 Å². The Bertz CT molecular complexity index is 865. The minimum atomic E-state index is 0.438. The molecule has 1 aromatic heterocycles. The smallest absolute Gasteiger partial charge is 0.128 e. The summed E-state index contributed by atoms with van der Waals surface area (Å²) in [4.78, 5) is 8.79. The van der Waals surface area contributed by atoms with Crippen molar-refractivity contribution in [3.05, 3.63) is 71.7 Å². The van der Waals surface area contributed by atoms with Gasteiger partial charge in [-0.15, -0.1) is 0 Å². The standard InChI is InChI=1S/C20H21N3O2/c1-24-19-8-7-14(9-15(19)12-21)10-16-11-18(23-13-22-16)17-5-3-4-6-20(17)25-2/h3-9,11,13H,10,12,21H2,1-2H3. The van der Waals surface area contributed by atoms with Gasteiger partial charge in [-0.1, -0.05) is 24.3 Å². The molecule has 0 aliphatic rings. The van der Waals surface area contributed by atoms with Crippen LogP contribution in [0.2, 0.25) is 0 Å². The van der Waals surface area contributed by atoms with Crippen LogP contribution in [0.1, 0.15) is 16.8 Å². The van der Waals surface area contributed by atoms with Crippen molar-refractivity contribution in [2.24, 2.45) is 5.73 Å². The highest BCUT2D eigenvalue weighted by Gasteiger charge is 2.09. The van der Waals surface area contributed by atoms with Crippen molar-refractivity contribution in [2.45, 2.75) is 13.0 Å². The summed E-state index contributed by atoms with van der Waals surface area (Å²) in [6.45, 7) is 0.438. The number of methoxy groups -OCH3 is 2. The van der Waals surface area contributed by atoms with Crippen molar-refractivity contribution in [3.8, 4) is 22.8 Å². The molecule has 25 heavy (non-hydrogen) atoms. The van der Waals surface area contributed by atoms with Gasteiger partial charge in [0.25, 0.3) is 0 Å². The monoisotopic (exact) mass is 335 g/mol. The average molecular weight is 335 g/mol. The molecule has 5 nitrogen and oxygen atoms in total. The summed E-state index contributed by atoms with van der Waals surface area (Å²) in [6.07, 6.45) is 2.28. The second-order valence-electron chi connectivity index (χ2n) is 5.62. The Morgan fingerprint density at radius 2 is 1.72 bits per heavy atom. The van der Waals surface area contributed by atoms with Gasteiger partial charge in [-0.3, -0.25) is 0 Å². The maximum absolute atomic E-state index is 5.80. The van der Waals surface area contributed by atoms with Crippen LogP contribution in [0.4, 0.5) is 0 Å². The summed E-state index contributed by atoms with van der Waals surface area (Å²) in [5.41, 5.74) is 10.6. The van der Waals surface area contributed by atoms with Crippen molar-refractivity contribution >= 4 is 0 Å². The molecule has 0 saturated heterocycles. The largest absolute Gasteiger partial charge is 0.496 e. The fraction of sp³-hybridized carbons (Fsp3) is 0.200. The summed E-state index contributed by atoms with van der Waals surface area (Å²) >= 11 is 0. The summed E-state index contributed by atoms with van der Waals surface area (Å²) in [5, 5.41) is 0. The van der Waals surface area contributed by atoms with Crippen LogP contribution in [-0.2, 0) is 13.0 Å². The molecule has 5 heteroatoms. The van der Waals surface area contributed by atoms with Gasteiger partial charge in [0.2, 0.25) is 0 Å². The number of hydrogen-bond donors (Lipinski definition) is 1. The third kappa shape index (κ3) is 3.78. The molecule has 0 spiro atoms. The van der Waals surface area contributed by atoms with Crippen molar-refractivity contribution in [1.29, 1.82) is 0 Å². The van der Waals surface area contributed by atoms with E-state index in [1.54, 1.807) is 20.5 Å². The highest BCUT2D eigenvalue weighted by Crippen LogP contribution is 2.28. The van der Waals surface area contributed by atoms with E-state index in [-0.39, 0.29) is 0 Å². The molecule has 0 radical (unpaired) electrons. The van der Waals surface area contributed by atoms with Crippen LogP contribution in [0.5, 0.6) is 11.5 Å². The predicted molar refractivity (Wildman–Crippen MR) is 97.7 cm³/mol. The molecule has 0 bridgehead atoms. The molecule has 0 aliphatic heterocycles. The Morgan fingerprint density at radius 3 is 2.48 bits per heavy atom. The normalized spacial score (nSPS) is 10.5. The van der Waals surface area contributed by atoms with E-state index in [4.69, 9.17) is 15.2 Å². The second kappa shape index (κ2) is 7.77. The number of para-hydroxylation sites is 1. The van der Waals surface area contributed by atoms with Gasteiger partial charge in [0, 0.05) is 29.8 Å². The molecule has 0 aliphatic carbocycles. The van der Waals surface area contributed by atoms with E-state index in [1.165, 1.54) is 0 Å². The lowest BCUT2D eigenvalue weighted by atomic mass is 10.0. The molecule has 0 saturated carbocycles.